The van der Waals surface area contributed by atoms with Gasteiger partial charge in [0.1, 0.15) is 7.05 Å². The Hall–Kier alpha value is -3.13. The topological polar surface area (TPSA) is 8.29 Å². The summed E-state index contributed by atoms with van der Waals surface area (Å²) in [5.41, 5.74) is 11.1. The molecule has 0 unspecified atom stereocenters. The minimum atomic E-state index is 0.702. The van der Waals surface area contributed by atoms with Crippen LogP contribution in [-0.2, 0) is 7.05 Å². The summed E-state index contributed by atoms with van der Waals surface area (Å²) in [6, 6.07) is 16.6. The lowest BCUT2D eigenvalue weighted by Gasteiger charge is -2.17. The summed E-state index contributed by atoms with van der Waals surface area (Å²) in [6.07, 6.45) is 7.65. The molecule has 3 aromatic heterocycles. The SMILES string of the molecule is Cc1cc2c3c(C)cccc3n3c4cc(C5CCCC5)cc5cc[n+](C)c(c(c1C)c23)c54. The Morgan fingerprint density at radius 1 is 0.844 bits per heavy atom. The highest BCUT2D eigenvalue weighted by Gasteiger charge is 2.27. The smallest absolute Gasteiger partial charge is 0.224 e. The van der Waals surface area contributed by atoms with Gasteiger partial charge in [0, 0.05) is 16.8 Å². The van der Waals surface area contributed by atoms with Crippen molar-refractivity contribution in [3.8, 4) is 0 Å². The van der Waals surface area contributed by atoms with Crippen molar-refractivity contribution in [1.29, 1.82) is 0 Å². The summed E-state index contributed by atoms with van der Waals surface area (Å²) < 4.78 is 4.93. The highest BCUT2D eigenvalue weighted by Crippen LogP contribution is 2.44. The zero-order valence-corrected chi connectivity index (χ0v) is 19.4. The van der Waals surface area contributed by atoms with Gasteiger partial charge in [0.15, 0.2) is 6.20 Å². The van der Waals surface area contributed by atoms with Gasteiger partial charge in [0.25, 0.3) is 0 Å². The monoisotopic (exact) mass is 417 g/mol. The van der Waals surface area contributed by atoms with Crippen LogP contribution in [0, 0.1) is 20.8 Å². The first-order valence-electron chi connectivity index (χ1n) is 12.1. The molecule has 6 aromatic rings. The normalized spacial score (nSPS) is 15.5. The van der Waals surface area contributed by atoms with Gasteiger partial charge in [0.05, 0.1) is 27.3 Å². The second-order valence-corrected chi connectivity index (χ2v) is 10.2. The first-order chi connectivity index (χ1) is 15.5. The van der Waals surface area contributed by atoms with E-state index >= 15 is 0 Å². The molecule has 2 heteroatoms. The third-order valence-corrected chi connectivity index (χ3v) is 8.35. The largest absolute Gasteiger partial charge is 0.307 e. The van der Waals surface area contributed by atoms with Gasteiger partial charge >= 0.3 is 0 Å². The molecule has 0 amide bonds. The first kappa shape index (κ1) is 18.4. The standard InChI is InChI=1S/C30H29N2/c1-17-8-7-11-24-26(17)23-14-18(2)19(3)27-29(23)32(24)25-16-22(20-9-5-6-10-20)15-21-12-13-31(4)30(27)28(21)25/h7-8,11-16,20H,5-6,9-10H2,1-4H3/q+1. The molecule has 0 radical (unpaired) electrons. The molecule has 1 aliphatic rings. The van der Waals surface area contributed by atoms with Crippen LogP contribution in [0.15, 0.2) is 48.7 Å². The van der Waals surface area contributed by atoms with Crippen molar-refractivity contribution in [2.45, 2.75) is 52.4 Å². The number of pyridine rings is 2. The zero-order chi connectivity index (χ0) is 21.7. The Kier molecular flexibility index (Phi) is 3.59. The van der Waals surface area contributed by atoms with E-state index in [4.69, 9.17) is 0 Å². The second kappa shape index (κ2) is 6.22. The first-order valence-corrected chi connectivity index (χ1v) is 12.1. The van der Waals surface area contributed by atoms with Gasteiger partial charge in [-0.2, -0.15) is 0 Å². The summed E-state index contributed by atoms with van der Waals surface area (Å²) >= 11 is 0. The summed E-state index contributed by atoms with van der Waals surface area (Å²) in [7, 11) is 2.21. The van der Waals surface area contributed by atoms with Gasteiger partial charge in [-0.05, 0) is 85.4 Å². The van der Waals surface area contributed by atoms with E-state index in [0.29, 0.717) is 5.92 Å². The quantitative estimate of drug-likeness (QED) is 0.150. The molecule has 0 N–H and O–H groups in total. The molecule has 1 fully saturated rings. The van der Waals surface area contributed by atoms with E-state index in [2.05, 4.69) is 85.4 Å². The fourth-order valence-electron chi connectivity index (χ4n) is 6.65. The highest BCUT2D eigenvalue weighted by molar-refractivity contribution is 6.26. The number of aromatic nitrogens is 2. The molecule has 0 saturated heterocycles. The predicted molar refractivity (Wildman–Crippen MR) is 135 cm³/mol. The molecule has 7 rings (SSSR count). The van der Waals surface area contributed by atoms with E-state index in [1.807, 2.05) is 0 Å². The van der Waals surface area contributed by atoms with Crippen molar-refractivity contribution < 1.29 is 4.57 Å². The van der Waals surface area contributed by atoms with Gasteiger partial charge in [-0.1, -0.05) is 31.0 Å². The maximum absolute atomic E-state index is 2.59. The molecule has 3 heterocycles. The number of fused-ring (bicyclic) bond motifs is 5. The molecule has 0 atom stereocenters. The third-order valence-electron chi connectivity index (χ3n) is 8.35. The van der Waals surface area contributed by atoms with Crippen LogP contribution in [0.1, 0.15) is 53.9 Å². The van der Waals surface area contributed by atoms with Crippen molar-refractivity contribution >= 4 is 49.0 Å². The van der Waals surface area contributed by atoms with Crippen molar-refractivity contribution in [3.63, 3.8) is 0 Å². The number of benzene rings is 3. The van der Waals surface area contributed by atoms with Gasteiger partial charge in [-0.3, -0.25) is 0 Å². The average Bonchev–Trinajstić information content (AvgIpc) is 3.43. The van der Waals surface area contributed by atoms with Gasteiger partial charge in [-0.25, -0.2) is 4.57 Å². The van der Waals surface area contributed by atoms with Crippen LogP contribution in [0.2, 0.25) is 0 Å². The molecule has 3 aromatic carbocycles. The maximum Gasteiger partial charge on any atom is 0.224 e. The van der Waals surface area contributed by atoms with Crippen LogP contribution in [-0.4, -0.2) is 4.40 Å². The van der Waals surface area contributed by atoms with Gasteiger partial charge < -0.3 is 4.40 Å². The lowest BCUT2D eigenvalue weighted by atomic mass is 9.92. The Morgan fingerprint density at radius 2 is 1.66 bits per heavy atom. The minimum absolute atomic E-state index is 0.702. The van der Waals surface area contributed by atoms with Crippen molar-refractivity contribution in [1.82, 2.24) is 4.40 Å². The van der Waals surface area contributed by atoms with E-state index in [1.54, 1.807) is 0 Å². The molecule has 2 nitrogen and oxygen atoms in total. The Morgan fingerprint density at radius 3 is 2.47 bits per heavy atom. The Bertz CT molecular complexity index is 1710. The van der Waals surface area contributed by atoms with Crippen molar-refractivity contribution in [2.24, 2.45) is 7.05 Å². The molecular weight excluding hydrogens is 388 g/mol. The number of aryl methyl sites for hydroxylation is 4. The molecule has 0 bridgehead atoms. The van der Waals surface area contributed by atoms with E-state index in [0.717, 1.165) is 0 Å². The lowest BCUT2D eigenvalue weighted by molar-refractivity contribution is -0.643. The van der Waals surface area contributed by atoms with E-state index in [9.17, 15) is 0 Å². The van der Waals surface area contributed by atoms with E-state index < -0.39 is 0 Å². The molecule has 1 aliphatic carbocycles. The Labute approximate surface area is 188 Å². The number of rotatable bonds is 1. The van der Waals surface area contributed by atoms with Crippen LogP contribution in [0.4, 0.5) is 0 Å². The summed E-state index contributed by atoms with van der Waals surface area (Å²) in [6.45, 7) is 6.83. The van der Waals surface area contributed by atoms with Crippen LogP contribution in [0.5, 0.6) is 0 Å². The number of hydrogen-bond acceptors (Lipinski definition) is 0. The summed E-state index contributed by atoms with van der Waals surface area (Å²) in [4.78, 5) is 0. The molecule has 158 valence electrons. The molecule has 32 heavy (non-hydrogen) atoms. The lowest BCUT2D eigenvalue weighted by Crippen LogP contribution is -2.29. The maximum atomic E-state index is 2.59. The Balaban J connectivity index is 1.85. The minimum Gasteiger partial charge on any atom is -0.307 e. The second-order valence-electron chi connectivity index (χ2n) is 10.2. The van der Waals surface area contributed by atoms with Crippen LogP contribution in [0.25, 0.3) is 49.0 Å². The number of hydrogen-bond donors (Lipinski definition) is 0. The third kappa shape index (κ3) is 2.18. The number of nitrogens with zero attached hydrogens (tertiary/aromatic N) is 2. The van der Waals surface area contributed by atoms with Gasteiger partial charge in [0.2, 0.25) is 5.52 Å². The molecule has 0 spiro atoms. The molecular formula is C30H29N2+. The van der Waals surface area contributed by atoms with Crippen molar-refractivity contribution in [2.75, 3.05) is 0 Å². The van der Waals surface area contributed by atoms with Crippen LogP contribution < -0.4 is 4.57 Å². The van der Waals surface area contributed by atoms with Crippen LogP contribution in [0.3, 0.4) is 0 Å². The van der Waals surface area contributed by atoms with E-state index in [1.165, 1.54) is 96.9 Å². The summed E-state index contributed by atoms with van der Waals surface area (Å²) in [5, 5.41) is 6.99. The fourth-order valence-corrected chi connectivity index (χ4v) is 6.65. The highest BCUT2D eigenvalue weighted by atomic mass is 15.0. The zero-order valence-electron chi connectivity index (χ0n) is 19.4. The average molecular weight is 418 g/mol. The summed E-state index contributed by atoms with van der Waals surface area (Å²) in [5.74, 6) is 0.702. The van der Waals surface area contributed by atoms with E-state index in [-0.39, 0.29) is 0 Å². The van der Waals surface area contributed by atoms with Gasteiger partial charge in [-0.15, -0.1) is 0 Å². The van der Waals surface area contributed by atoms with Crippen molar-refractivity contribution in [3.05, 3.63) is 70.9 Å². The van der Waals surface area contributed by atoms with Crippen LogP contribution >= 0.6 is 0 Å². The molecule has 0 aliphatic heterocycles. The molecule has 1 saturated carbocycles. The predicted octanol–water partition coefficient (Wildman–Crippen LogP) is 7.40. The fraction of sp³-hybridized carbons (Fsp3) is 0.300.